The summed E-state index contributed by atoms with van der Waals surface area (Å²) in [5.74, 6) is 0.799. The molecule has 0 saturated heterocycles. The van der Waals surface area contributed by atoms with E-state index in [9.17, 15) is 5.11 Å². The first-order valence-electron chi connectivity index (χ1n) is 7.53. The number of benzene rings is 1. The first kappa shape index (κ1) is 17.0. The van der Waals surface area contributed by atoms with Crippen molar-refractivity contribution in [2.75, 3.05) is 7.11 Å². The van der Waals surface area contributed by atoms with Crippen LogP contribution in [0, 0.1) is 13.8 Å². The van der Waals surface area contributed by atoms with Crippen LogP contribution in [0.4, 0.5) is 0 Å². The Morgan fingerprint density at radius 1 is 1.20 bits per heavy atom. The van der Waals surface area contributed by atoms with Crippen LogP contribution < -0.4 is 10.1 Å². The number of nitrogens with one attached hydrogen (secondary N) is 1. The van der Waals surface area contributed by atoms with Gasteiger partial charge in [-0.25, -0.2) is 0 Å². The van der Waals surface area contributed by atoms with Crippen molar-refractivity contribution in [3.8, 4) is 5.75 Å². The van der Waals surface area contributed by atoms with Crippen molar-refractivity contribution in [3.63, 3.8) is 0 Å². The van der Waals surface area contributed by atoms with Crippen molar-refractivity contribution in [2.45, 2.75) is 65.6 Å². The minimum absolute atomic E-state index is 0.0417. The molecule has 0 saturated carbocycles. The molecular formula is C17H29NO2. The maximum Gasteiger partial charge on any atom is 0.127 e. The predicted octanol–water partition coefficient (Wildman–Crippen LogP) is 3.51. The third kappa shape index (κ3) is 3.97. The molecule has 0 amide bonds. The van der Waals surface area contributed by atoms with Crippen LogP contribution in [0.3, 0.4) is 0 Å². The highest BCUT2D eigenvalue weighted by atomic mass is 16.5. The smallest absolute Gasteiger partial charge is 0.127 e. The molecule has 114 valence electrons. The first-order chi connectivity index (χ1) is 9.44. The van der Waals surface area contributed by atoms with E-state index in [4.69, 9.17) is 4.74 Å². The molecule has 1 rings (SSSR count). The highest BCUT2D eigenvalue weighted by molar-refractivity contribution is 5.45. The third-order valence-electron chi connectivity index (χ3n) is 3.90. The van der Waals surface area contributed by atoms with Crippen molar-refractivity contribution < 1.29 is 9.84 Å². The van der Waals surface area contributed by atoms with Crippen molar-refractivity contribution in [1.29, 1.82) is 0 Å². The van der Waals surface area contributed by atoms with Crippen molar-refractivity contribution in [2.24, 2.45) is 0 Å². The van der Waals surface area contributed by atoms with E-state index in [1.807, 2.05) is 19.9 Å². The largest absolute Gasteiger partial charge is 0.496 e. The van der Waals surface area contributed by atoms with Crippen LogP contribution in [0.15, 0.2) is 12.1 Å². The molecular weight excluding hydrogens is 250 g/mol. The van der Waals surface area contributed by atoms with E-state index in [0.29, 0.717) is 6.04 Å². The normalized spacial score (nSPS) is 15.8. The van der Waals surface area contributed by atoms with Gasteiger partial charge in [0.2, 0.25) is 0 Å². The average Bonchev–Trinajstić information content (AvgIpc) is 2.42. The van der Waals surface area contributed by atoms with Gasteiger partial charge in [0.05, 0.1) is 13.2 Å². The Hall–Kier alpha value is -1.06. The molecule has 3 nitrogen and oxygen atoms in total. The zero-order valence-electron chi connectivity index (χ0n) is 13.7. The number of aliphatic hydroxyl groups excluding tert-OH is 1. The summed E-state index contributed by atoms with van der Waals surface area (Å²) in [5, 5.41) is 14.2. The van der Waals surface area contributed by atoms with Gasteiger partial charge in [-0.3, -0.25) is 0 Å². The Kier molecular flexibility index (Phi) is 6.50. The van der Waals surface area contributed by atoms with Gasteiger partial charge in [-0.1, -0.05) is 25.5 Å². The van der Waals surface area contributed by atoms with E-state index in [-0.39, 0.29) is 6.04 Å². The molecule has 1 aromatic carbocycles. The Bertz CT molecular complexity index is 431. The van der Waals surface area contributed by atoms with Crippen LogP contribution >= 0.6 is 0 Å². The molecule has 0 aliphatic heterocycles. The maximum absolute atomic E-state index is 10.7. The van der Waals surface area contributed by atoms with Crippen LogP contribution in [0.5, 0.6) is 5.75 Å². The van der Waals surface area contributed by atoms with Crippen LogP contribution in [0.25, 0.3) is 0 Å². The van der Waals surface area contributed by atoms with E-state index in [1.54, 1.807) is 7.11 Å². The number of aliphatic hydroxyl groups is 1. The molecule has 0 spiro atoms. The number of ether oxygens (including phenoxy) is 1. The number of methoxy groups -OCH3 is 1. The summed E-state index contributed by atoms with van der Waals surface area (Å²) in [6.07, 6.45) is 1.37. The second-order valence-corrected chi connectivity index (χ2v) is 5.64. The molecule has 0 radical (unpaired) electrons. The lowest BCUT2D eigenvalue weighted by atomic mass is 9.95. The minimum Gasteiger partial charge on any atom is -0.496 e. The van der Waals surface area contributed by atoms with Gasteiger partial charge in [0.1, 0.15) is 5.75 Å². The van der Waals surface area contributed by atoms with Gasteiger partial charge >= 0.3 is 0 Å². The van der Waals surface area contributed by atoms with Crippen molar-refractivity contribution in [1.82, 2.24) is 5.32 Å². The fraction of sp³-hybridized carbons (Fsp3) is 0.647. The Balaban J connectivity index is 3.08. The Labute approximate surface area is 123 Å². The van der Waals surface area contributed by atoms with Gasteiger partial charge in [-0.2, -0.15) is 0 Å². The van der Waals surface area contributed by atoms with Crippen LogP contribution in [0.2, 0.25) is 0 Å². The number of rotatable bonds is 7. The highest BCUT2D eigenvalue weighted by Crippen LogP contribution is 2.32. The Morgan fingerprint density at radius 3 is 2.35 bits per heavy atom. The monoisotopic (exact) mass is 279 g/mol. The standard InChI is InChI=1S/C17H29NO2/c1-7-13(5)18-15(8-2)16(19)14-10-11(3)9-12(4)17(14)20-6/h9-10,13,15-16,18-19H,7-8H2,1-6H3. The van der Waals surface area contributed by atoms with Gasteiger partial charge in [-0.05, 0) is 45.2 Å². The summed E-state index contributed by atoms with van der Waals surface area (Å²) >= 11 is 0. The summed E-state index contributed by atoms with van der Waals surface area (Å²) in [5.41, 5.74) is 3.10. The second kappa shape index (κ2) is 7.65. The maximum atomic E-state index is 10.7. The molecule has 0 fully saturated rings. The van der Waals surface area contributed by atoms with Gasteiger partial charge in [0, 0.05) is 17.6 Å². The van der Waals surface area contributed by atoms with E-state index >= 15 is 0 Å². The highest BCUT2D eigenvalue weighted by Gasteiger charge is 2.24. The molecule has 2 N–H and O–H groups in total. The minimum atomic E-state index is -0.553. The fourth-order valence-electron chi connectivity index (χ4n) is 2.62. The molecule has 1 aromatic rings. The van der Waals surface area contributed by atoms with E-state index < -0.39 is 6.10 Å². The van der Waals surface area contributed by atoms with Crippen LogP contribution in [-0.2, 0) is 0 Å². The molecule has 0 aliphatic carbocycles. The van der Waals surface area contributed by atoms with Crippen LogP contribution in [-0.4, -0.2) is 24.3 Å². The molecule has 0 bridgehead atoms. The zero-order chi connectivity index (χ0) is 15.3. The lowest BCUT2D eigenvalue weighted by Gasteiger charge is -2.28. The number of hydrogen-bond donors (Lipinski definition) is 2. The molecule has 3 unspecified atom stereocenters. The zero-order valence-corrected chi connectivity index (χ0v) is 13.7. The second-order valence-electron chi connectivity index (χ2n) is 5.64. The fourth-order valence-corrected chi connectivity index (χ4v) is 2.62. The van der Waals surface area contributed by atoms with Gasteiger partial charge in [0.15, 0.2) is 0 Å². The summed E-state index contributed by atoms with van der Waals surface area (Å²) in [4.78, 5) is 0. The van der Waals surface area contributed by atoms with Gasteiger partial charge in [0.25, 0.3) is 0 Å². The molecule has 0 aliphatic rings. The first-order valence-corrected chi connectivity index (χ1v) is 7.53. The lowest BCUT2D eigenvalue weighted by molar-refractivity contribution is 0.116. The lowest BCUT2D eigenvalue weighted by Crippen LogP contribution is -2.40. The predicted molar refractivity (Wildman–Crippen MR) is 84.4 cm³/mol. The van der Waals surface area contributed by atoms with Gasteiger partial charge < -0.3 is 15.2 Å². The van der Waals surface area contributed by atoms with Crippen molar-refractivity contribution in [3.05, 3.63) is 28.8 Å². The molecule has 0 aromatic heterocycles. The quantitative estimate of drug-likeness (QED) is 0.802. The SMILES string of the molecule is CCC(C)NC(CC)C(O)c1cc(C)cc(C)c1OC. The average molecular weight is 279 g/mol. The third-order valence-corrected chi connectivity index (χ3v) is 3.90. The summed E-state index contributed by atoms with van der Waals surface area (Å²) in [6.45, 7) is 10.5. The van der Waals surface area contributed by atoms with E-state index in [2.05, 4.69) is 32.2 Å². The molecule has 3 heteroatoms. The Morgan fingerprint density at radius 2 is 1.85 bits per heavy atom. The number of hydrogen-bond acceptors (Lipinski definition) is 3. The van der Waals surface area contributed by atoms with E-state index in [1.165, 1.54) is 0 Å². The van der Waals surface area contributed by atoms with Crippen LogP contribution in [0.1, 0.15) is 56.4 Å². The van der Waals surface area contributed by atoms with E-state index in [0.717, 1.165) is 35.3 Å². The number of aryl methyl sites for hydroxylation is 2. The topological polar surface area (TPSA) is 41.5 Å². The molecule has 20 heavy (non-hydrogen) atoms. The summed E-state index contributed by atoms with van der Waals surface area (Å²) in [6, 6.07) is 4.54. The summed E-state index contributed by atoms with van der Waals surface area (Å²) < 4.78 is 5.49. The summed E-state index contributed by atoms with van der Waals surface area (Å²) in [7, 11) is 1.66. The van der Waals surface area contributed by atoms with Crippen molar-refractivity contribution >= 4 is 0 Å². The molecule has 3 atom stereocenters. The molecule has 0 heterocycles. The van der Waals surface area contributed by atoms with Gasteiger partial charge in [-0.15, -0.1) is 0 Å².